The quantitative estimate of drug-likeness (QED) is 0.720. The van der Waals surface area contributed by atoms with Crippen LogP contribution in [0.4, 0.5) is 0 Å². The van der Waals surface area contributed by atoms with Crippen LogP contribution in [0.5, 0.6) is 11.5 Å². The minimum absolute atomic E-state index is 0.0368. The zero-order valence-electron chi connectivity index (χ0n) is 17.0. The average Bonchev–Trinajstić information content (AvgIpc) is 2.70. The molecule has 0 radical (unpaired) electrons. The second kappa shape index (κ2) is 9.73. The lowest BCUT2D eigenvalue weighted by Crippen LogP contribution is -2.34. The van der Waals surface area contributed by atoms with Gasteiger partial charge in [-0.3, -0.25) is 14.9 Å². The maximum atomic E-state index is 12.1. The van der Waals surface area contributed by atoms with Crippen molar-refractivity contribution in [3.05, 3.63) is 59.7 Å². The number of ether oxygens (including phenoxy) is 3. The summed E-state index contributed by atoms with van der Waals surface area (Å²) in [7, 11) is 1.48. The van der Waals surface area contributed by atoms with Gasteiger partial charge in [-0.25, -0.2) is 4.79 Å². The number of amides is 2. The maximum absolute atomic E-state index is 12.1. The van der Waals surface area contributed by atoms with Gasteiger partial charge in [0.2, 0.25) is 0 Å². The molecule has 0 unspecified atom stereocenters. The number of hydrogen-bond acceptors (Lipinski definition) is 6. The minimum atomic E-state index is -0.743. The molecule has 0 aliphatic rings. The molecular formula is C22H25NO6. The molecule has 0 spiro atoms. The Morgan fingerprint density at radius 1 is 0.897 bits per heavy atom. The number of nitrogens with one attached hydrogen (secondary N) is 1. The molecule has 7 nitrogen and oxygen atoms in total. The highest BCUT2D eigenvalue weighted by Gasteiger charge is 2.16. The van der Waals surface area contributed by atoms with E-state index in [1.54, 1.807) is 36.4 Å². The summed E-state index contributed by atoms with van der Waals surface area (Å²) in [5.74, 6) is -1.17. The van der Waals surface area contributed by atoms with Gasteiger partial charge < -0.3 is 14.2 Å². The summed E-state index contributed by atoms with van der Waals surface area (Å²) in [6.45, 7) is 5.22. The Bertz CT molecular complexity index is 868. The molecule has 2 aromatic carbocycles. The van der Waals surface area contributed by atoms with Gasteiger partial charge in [0.1, 0.15) is 0 Å². The van der Waals surface area contributed by atoms with Gasteiger partial charge >= 0.3 is 5.97 Å². The molecule has 2 amide bonds. The molecule has 0 saturated heterocycles. The lowest BCUT2D eigenvalue weighted by atomic mass is 9.87. The van der Waals surface area contributed by atoms with Gasteiger partial charge in [-0.15, -0.1) is 0 Å². The van der Waals surface area contributed by atoms with E-state index in [0.29, 0.717) is 17.1 Å². The molecule has 0 fully saturated rings. The highest BCUT2D eigenvalue weighted by atomic mass is 16.6. The van der Waals surface area contributed by atoms with E-state index in [1.165, 1.54) is 7.11 Å². The van der Waals surface area contributed by atoms with Gasteiger partial charge in [0.05, 0.1) is 7.11 Å². The summed E-state index contributed by atoms with van der Waals surface area (Å²) in [4.78, 5) is 35.7. The van der Waals surface area contributed by atoms with Crippen LogP contribution < -0.4 is 14.8 Å². The van der Waals surface area contributed by atoms with E-state index in [-0.39, 0.29) is 5.41 Å². The predicted molar refractivity (Wildman–Crippen MR) is 107 cm³/mol. The molecule has 29 heavy (non-hydrogen) atoms. The number of benzene rings is 2. The van der Waals surface area contributed by atoms with Gasteiger partial charge in [-0.05, 0) is 35.2 Å². The van der Waals surface area contributed by atoms with Gasteiger partial charge in [-0.2, -0.15) is 0 Å². The van der Waals surface area contributed by atoms with E-state index in [1.807, 2.05) is 12.1 Å². The Morgan fingerprint density at radius 3 is 2.10 bits per heavy atom. The Kier molecular flexibility index (Phi) is 7.36. The standard InChI is InChI=1S/C22H25NO6/c1-22(2,3)16-11-9-15(10-12-16)21(26)23-19(24)13-29-20(25)14-28-18-8-6-5-7-17(18)27-4/h5-12H,13-14H2,1-4H3,(H,23,24,26). The van der Waals surface area contributed by atoms with E-state index in [9.17, 15) is 14.4 Å². The molecule has 154 valence electrons. The maximum Gasteiger partial charge on any atom is 0.344 e. The van der Waals surface area contributed by atoms with Crippen molar-refractivity contribution in [2.45, 2.75) is 26.2 Å². The largest absolute Gasteiger partial charge is 0.493 e. The monoisotopic (exact) mass is 399 g/mol. The first-order valence-corrected chi connectivity index (χ1v) is 9.07. The number of rotatable bonds is 7. The van der Waals surface area contributed by atoms with Gasteiger partial charge in [0.25, 0.3) is 11.8 Å². The minimum Gasteiger partial charge on any atom is -0.493 e. The second-order valence-electron chi connectivity index (χ2n) is 7.30. The second-order valence-corrected chi connectivity index (χ2v) is 7.30. The van der Waals surface area contributed by atoms with Crippen LogP contribution in [0.2, 0.25) is 0 Å². The van der Waals surface area contributed by atoms with Crippen LogP contribution in [-0.4, -0.2) is 38.1 Å². The van der Waals surface area contributed by atoms with Crippen LogP contribution in [0.3, 0.4) is 0 Å². The van der Waals surface area contributed by atoms with Crippen molar-refractivity contribution >= 4 is 17.8 Å². The topological polar surface area (TPSA) is 90.9 Å². The van der Waals surface area contributed by atoms with E-state index in [0.717, 1.165) is 5.56 Å². The predicted octanol–water partition coefficient (Wildman–Crippen LogP) is 2.87. The first kappa shape index (κ1) is 21.9. The highest BCUT2D eigenvalue weighted by Crippen LogP contribution is 2.25. The SMILES string of the molecule is COc1ccccc1OCC(=O)OCC(=O)NC(=O)c1ccc(C(C)(C)C)cc1. The van der Waals surface area contributed by atoms with E-state index in [2.05, 4.69) is 26.1 Å². The lowest BCUT2D eigenvalue weighted by molar-refractivity contribution is -0.150. The van der Waals surface area contributed by atoms with Crippen molar-refractivity contribution in [2.75, 3.05) is 20.3 Å². The molecule has 0 heterocycles. The lowest BCUT2D eigenvalue weighted by Gasteiger charge is -2.19. The molecule has 0 saturated carbocycles. The third kappa shape index (κ3) is 6.64. The van der Waals surface area contributed by atoms with Gasteiger partial charge in [0, 0.05) is 5.56 Å². The summed E-state index contributed by atoms with van der Waals surface area (Å²) < 4.78 is 15.3. The van der Waals surface area contributed by atoms with Crippen LogP contribution in [-0.2, 0) is 19.7 Å². The van der Waals surface area contributed by atoms with Gasteiger partial charge in [-0.1, -0.05) is 45.0 Å². The average molecular weight is 399 g/mol. The molecule has 0 atom stereocenters. The first-order valence-electron chi connectivity index (χ1n) is 9.07. The molecule has 0 aliphatic heterocycles. The highest BCUT2D eigenvalue weighted by molar-refractivity contribution is 6.05. The molecule has 0 aliphatic carbocycles. The van der Waals surface area contributed by atoms with Crippen LogP contribution in [0.25, 0.3) is 0 Å². The van der Waals surface area contributed by atoms with E-state index in [4.69, 9.17) is 14.2 Å². The number of carbonyl (C=O) groups excluding carboxylic acids is 3. The Balaban J connectivity index is 1.78. The van der Waals surface area contributed by atoms with Crippen LogP contribution in [0, 0.1) is 0 Å². The first-order chi connectivity index (χ1) is 13.7. The Morgan fingerprint density at radius 2 is 1.52 bits per heavy atom. The number of esters is 1. The summed E-state index contributed by atoms with van der Waals surface area (Å²) in [5.41, 5.74) is 1.38. The number of methoxy groups -OCH3 is 1. The number of imide groups is 1. The zero-order chi connectivity index (χ0) is 21.4. The molecular weight excluding hydrogens is 374 g/mol. The fourth-order valence-corrected chi connectivity index (χ4v) is 2.42. The van der Waals surface area contributed by atoms with Crippen LogP contribution >= 0.6 is 0 Å². The summed E-state index contributed by atoms with van der Waals surface area (Å²) in [6.07, 6.45) is 0. The molecule has 1 N–H and O–H groups in total. The molecule has 2 aromatic rings. The van der Waals surface area contributed by atoms with Crippen LogP contribution in [0.15, 0.2) is 48.5 Å². The molecule has 0 aromatic heterocycles. The summed E-state index contributed by atoms with van der Waals surface area (Å²) >= 11 is 0. The molecule has 2 rings (SSSR count). The van der Waals surface area contributed by atoms with Crippen molar-refractivity contribution in [3.8, 4) is 11.5 Å². The number of carbonyl (C=O) groups is 3. The van der Waals surface area contributed by atoms with E-state index < -0.39 is 31.0 Å². The van der Waals surface area contributed by atoms with Gasteiger partial charge in [0.15, 0.2) is 24.7 Å². The third-order valence-corrected chi connectivity index (χ3v) is 4.04. The van der Waals surface area contributed by atoms with Crippen molar-refractivity contribution in [1.29, 1.82) is 0 Å². The zero-order valence-corrected chi connectivity index (χ0v) is 17.0. The van der Waals surface area contributed by atoms with Crippen molar-refractivity contribution in [1.82, 2.24) is 5.32 Å². The van der Waals surface area contributed by atoms with Crippen molar-refractivity contribution < 1.29 is 28.6 Å². The van der Waals surface area contributed by atoms with Crippen LogP contribution in [0.1, 0.15) is 36.7 Å². The summed E-state index contributed by atoms with van der Waals surface area (Å²) in [6, 6.07) is 13.8. The fourth-order valence-electron chi connectivity index (χ4n) is 2.42. The normalized spacial score (nSPS) is 10.8. The summed E-state index contributed by atoms with van der Waals surface area (Å²) in [5, 5.41) is 2.19. The number of hydrogen-bond donors (Lipinski definition) is 1. The van der Waals surface area contributed by atoms with Crippen molar-refractivity contribution in [3.63, 3.8) is 0 Å². The molecule has 7 heteroatoms. The Labute approximate surface area is 170 Å². The Hall–Kier alpha value is -3.35. The van der Waals surface area contributed by atoms with Crippen molar-refractivity contribution in [2.24, 2.45) is 0 Å². The fraction of sp³-hybridized carbons (Fsp3) is 0.318. The smallest absolute Gasteiger partial charge is 0.344 e. The van der Waals surface area contributed by atoms with E-state index >= 15 is 0 Å². The molecule has 0 bridgehead atoms. The third-order valence-electron chi connectivity index (χ3n) is 4.04. The number of para-hydroxylation sites is 2.